The number of nitrogens with zero attached hydrogens (tertiary/aromatic N) is 1. The topological polar surface area (TPSA) is 68.3 Å². The Labute approximate surface area is 111 Å². The fourth-order valence-corrected chi connectivity index (χ4v) is 1.66. The number of fused-ring (bicyclic) bond motifs is 1. The van der Waals surface area contributed by atoms with Crippen molar-refractivity contribution < 1.29 is 14.0 Å². The zero-order valence-electron chi connectivity index (χ0n) is 11.2. The van der Waals surface area contributed by atoms with Crippen molar-refractivity contribution in [2.75, 3.05) is 6.61 Å². The lowest BCUT2D eigenvalue weighted by molar-refractivity contribution is 0.310. The predicted molar refractivity (Wildman–Crippen MR) is 72.5 cm³/mol. The summed E-state index contributed by atoms with van der Waals surface area (Å²) in [4.78, 5) is 0. The highest BCUT2D eigenvalue weighted by Crippen LogP contribution is 2.25. The maximum Gasteiger partial charge on any atom is 0.262 e. The molecule has 1 aromatic carbocycles. The summed E-state index contributed by atoms with van der Waals surface area (Å²) in [5, 5.41) is 11.9. The molecule has 0 unspecified atom stereocenters. The highest BCUT2D eigenvalue weighted by Gasteiger charge is 2.08. The van der Waals surface area contributed by atoms with Crippen molar-refractivity contribution in [2.45, 2.75) is 20.8 Å². The van der Waals surface area contributed by atoms with Crippen LogP contribution in [0, 0.1) is 12.3 Å². The van der Waals surface area contributed by atoms with Crippen molar-refractivity contribution in [3.05, 3.63) is 35.6 Å². The predicted octanol–water partition coefficient (Wildman–Crippen LogP) is 3.43. The number of benzene rings is 1. The van der Waals surface area contributed by atoms with E-state index in [4.69, 9.17) is 19.4 Å². The lowest BCUT2D eigenvalue weighted by atomic mass is 10.2. The molecule has 0 bridgehead atoms. The van der Waals surface area contributed by atoms with Crippen LogP contribution in [0.2, 0.25) is 0 Å². The van der Waals surface area contributed by atoms with E-state index < -0.39 is 0 Å². The second-order valence-electron chi connectivity index (χ2n) is 4.27. The van der Waals surface area contributed by atoms with Gasteiger partial charge in [-0.25, -0.2) is 0 Å². The molecular formula is C14H16N2O3. The van der Waals surface area contributed by atoms with Gasteiger partial charge in [0.1, 0.15) is 12.4 Å². The summed E-state index contributed by atoms with van der Waals surface area (Å²) in [5.41, 5.74) is 1.82. The van der Waals surface area contributed by atoms with Gasteiger partial charge in [-0.2, -0.15) is 0 Å². The first-order valence-electron chi connectivity index (χ1n) is 5.95. The van der Waals surface area contributed by atoms with E-state index in [1.807, 2.05) is 25.1 Å². The standard InChI is InChI=1S/C14H16N2O3/c1-9-4-5-13-12(8-9)14(16-19-13)17-7-6-10(2)18-11(3)15/h4-6,8,15H,7H2,1-3H3/b10-6+,15-11?. The summed E-state index contributed by atoms with van der Waals surface area (Å²) < 4.78 is 15.8. The molecule has 1 N–H and O–H groups in total. The van der Waals surface area contributed by atoms with E-state index in [-0.39, 0.29) is 5.90 Å². The van der Waals surface area contributed by atoms with Crippen LogP contribution in [0.5, 0.6) is 5.88 Å². The van der Waals surface area contributed by atoms with Crippen LogP contribution in [0.25, 0.3) is 11.0 Å². The van der Waals surface area contributed by atoms with Gasteiger partial charge in [0.15, 0.2) is 11.5 Å². The average Bonchev–Trinajstić information content (AvgIpc) is 2.71. The van der Waals surface area contributed by atoms with Crippen molar-refractivity contribution in [1.82, 2.24) is 5.16 Å². The van der Waals surface area contributed by atoms with Crippen LogP contribution in [-0.2, 0) is 4.74 Å². The molecule has 5 nitrogen and oxygen atoms in total. The number of hydrogen-bond acceptors (Lipinski definition) is 5. The lowest BCUT2D eigenvalue weighted by Gasteiger charge is -2.03. The molecule has 0 saturated carbocycles. The van der Waals surface area contributed by atoms with Crippen molar-refractivity contribution in [3.63, 3.8) is 0 Å². The fraction of sp³-hybridized carbons (Fsp3) is 0.286. The zero-order chi connectivity index (χ0) is 13.8. The molecule has 0 radical (unpaired) electrons. The number of aromatic nitrogens is 1. The van der Waals surface area contributed by atoms with Gasteiger partial charge in [0.25, 0.3) is 5.88 Å². The summed E-state index contributed by atoms with van der Waals surface area (Å²) in [6, 6.07) is 5.80. The van der Waals surface area contributed by atoms with E-state index in [0.717, 1.165) is 10.9 Å². The van der Waals surface area contributed by atoms with Gasteiger partial charge in [0.2, 0.25) is 0 Å². The first kappa shape index (κ1) is 13.1. The van der Waals surface area contributed by atoms with E-state index >= 15 is 0 Å². The fourth-order valence-electron chi connectivity index (χ4n) is 1.66. The Hall–Kier alpha value is -2.30. The van der Waals surface area contributed by atoms with E-state index in [0.29, 0.717) is 23.8 Å². The first-order valence-corrected chi connectivity index (χ1v) is 5.95. The third-order valence-electron chi connectivity index (χ3n) is 2.50. The molecule has 19 heavy (non-hydrogen) atoms. The molecule has 100 valence electrons. The number of rotatable bonds is 4. The van der Waals surface area contributed by atoms with Crippen molar-refractivity contribution >= 4 is 16.9 Å². The second-order valence-corrected chi connectivity index (χ2v) is 4.27. The monoisotopic (exact) mass is 260 g/mol. The van der Waals surface area contributed by atoms with Crippen LogP contribution >= 0.6 is 0 Å². The maximum absolute atomic E-state index is 7.20. The molecule has 0 aliphatic heterocycles. The molecule has 0 aliphatic carbocycles. The average molecular weight is 260 g/mol. The highest BCUT2D eigenvalue weighted by molar-refractivity contribution is 5.82. The summed E-state index contributed by atoms with van der Waals surface area (Å²) >= 11 is 0. The van der Waals surface area contributed by atoms with Crippen molar-refractivity contribution in [3.8, 4) is 5.88 Å². The second kappa shape index (κ2) is 5.56. The minimum atomic E-state index is 0.149. The van der Waals surface area contributed by atoms with Gasteiger partial charge in [0.05, 0.1) is 5.39 Å². The highest BCUT2D eigenvalue weighted by atomic mass is 16.5. The molecule has 2 rings (SSSR count). The number of ether oxygens (including phenoxy) is 2. The molecular weight excluding hydrogens is 244 g/mol. The molecule has 1 aromatic heterocycles. The molecule has 0 aliphatic rings. The first-order chi connectivity index (χ1) is 9.06. The third kappa shape index (κ3) is 3.34. The molecule has 2 aromatic rings. The van der Waals surface area contributed by atoms with Gasteiger partial charge >= 0.3 is 0 Å². The summed E-state index contributed by atoms with van der Waals surface area (Å²) in [6.45, 7) is 5.66. The Morgan fingerprint density at radius 1 is 1.42 bits per heavy atom. The van der Waals surface area contributed by atoms with Gasteiger partial charge < -0.3 is 14.0 Å². The van der Waals surface area contributed by atoms with E-state index in [9.17, 15) is 0 Å². The Kier molecular flexibility index (Phi) is 3.85. The van der Waals surface area contributed by atoms with Gasteiger partial charge in [0, 0.05) is 6.92 Å². The molecule has 0 fully saturated rings. The van der Waals surface area contributed by atoms with Crippen LogP contribution in [0.4, 0.5) is 0 Å². The number of aryl methyl sites for hydroxylation is 1. The minimum Gasteiger partial charge on any atom is -0.471 e. The lowest BCUT2D eigenvalue weighted by Crippen LogP contribution is -1.99. The SMILES string of the molecule is CC(=N)O/C(C)=C/COc1noc2ccc(C)cc12. The van der Waals surface area contributed by atoms with Crippen LogP contribution < -0.4 is 4.74 Å². The normalized spacial score (nSPS) is 11.6. The number of allylic oxidation sites excluding steroid dienone is 1. The smallest absolute Gasteiger partial charge is 0.262 e. The Balaban J connectivity index is 2.06. The van der Waals surface area contributed by atoms with Crippen LogP contribution in [-0.4, -0.2) is 17.7 Å². The maximum atomic E-state index is 7.20. The largest absolute Gasteiger partial charge is 0.471 e. The quantitative estimate of drug-likeness (QED) is 0.519. The Bertz CT molecular complexity index is 629. The molecule has 1 heterocycles. The van der Waals surface area contributed by atoms with Gasteiger partial charge in [-0.3, -0.25) is 5.41 Å². The molecule has 5 heteroatoms. The third-order valence-corrected chi connectivity index (χ3v) is 2.50. The van der Waals surface area contributed by atoms with E-state index in [1.54, 1.807) is 19.9 Å². The molecule has 0 amide bonds. The molecule has 0 atom stereocenters. The van der Waals surface area contributed by atoms with Crippen LogP contribution in [0.1, 0.15) is 19.4 Å². The van der Waals surface area contributed by atoms with Crippen molar-refractivity contribution in [1.29, 1.82) is 5.41 Å². The number of hydrogen-bond donors (Lipinski definition) is 1. The zero-order valence-corrected chi connectivity index (χ0v) is 11.2. The summed E-state index contributed by atoms with van der Waals surface area (Å²) in [6.07, 6.45) is 1.74. The summed E-state index contributed by atoms with van der Waals surface area (Å²) in [7, 11) is 0. The van der Waals surface area contributed by atoms with Gasteiger partial charge in [-0.1, -0.05) is 11.6 Å². The Morgan fingerprint density at radius 2 is 2.21 bits per heavy atom. The Morgan fingerprint density at radius 3 is 2.95 bits per heavy atom. The van der Waals surface area contributed by atoms with Gasteiger partial charge in [-0.05, 0) is 37.2 Å². The summed E-state index contributed by atoms with van der Waals surface area (Å²) in [5.74, 6) is 1.24. The number of nitrogens with one attached hydrogen (secondary N) is 1. The molecule has 0 spiro atoms. The van der Waals surface area contributed by atoms with Crippen LogP contribution in [0.3, 0.4) is 0 Å². The van der Waals surface area contributed by atoms with E-state index in [2.05, 4.69) is 5.16 Å². The van der Waals surface area contributed by atoms with E-state index in [1.165, 1.54) is 0 Å². The molecule has 0 saturated heterocycles. The minimum absolute atomic E-state index is 0.149. The van der Waals surface area contributed by atoms with Crippen LogP contribution in [0.15, 0.2) is 34.6 Å². The van der Waals surface area contributed by atoms with Crippen molar-refractivity contribution in [2.24, 2.45) is 0 Å². The van der Waals surface area contributed by atoms with Gasteiger partial charge in [-0.15, -0.1) is 0 Å².